The van der Waals surface area contributed by atoms with Gasteiger partial charge in [-0.1, -0.05) is 24.4 Å². The summed E-state index contributed by atoms with van der Waals surface area (Å²) in [5.74, 6) is -1.04. The van der Waals surface area contributed by atoms with Gasteiger partial charge in [0.05, 0.1) is 12.1 Å². The Bertz CT molecular complexity index is 694. The number of hydrogen-bond donors (Lipinski definition) is 1. The highest BCUT2D eigenvalue weighted by molar-refractivity contribution is 5.78. The molecule has 0 bridgehead atoms. The van der Waals surface area contributed by atoms with Crippen LogP contribution in [0.25, 0.3) is 11.3 Å². The SMILES string of the molecule is O=C(NCc1cc(-c2ccc(F)cc2F)on1)C1CCCCC1. The predicted octanol–water partition coefficient (Wildman–Crippen LogP) is 3.82. The number of rotatable bonds is 4. The Morgan fingerprint density at radius 2 is 2.00 bits per heavy atom. The molecule has 1 heterocycles. The highest BCUT2D eigenvalue weighted by Gasteiger charge is 2.21. The smallest absolute Gasteiger partial charge is 0.223 e. The second kappa shape index (κ2) is 6.89. The number of amides is 1. The van der Waals surface area contributed by atoms with Crippen LogP contribution in [0.5, 0.6) is 0 Å². The zero-order chi connectivity index (χ0) is 16.2. The largest absolute Gasteiger partial charge is 0.356 e. The van der Waals surface area contributed by atoms with Crippen LogP contribution in [0.2, 0.25) is 0 Å². The molecule has 1 saturated carbocycles. The van der Waals surface area contributed by atoms with Crippen LogP contribution in [-0.4, -0.2) is 11.1 Å². The lowest BCUT2D eigenvalue weighted by molar-refractivity contribution is -0.126. The van der Waals surface area contributed by atoms with Crippen molar-refractivity contribution in [3.8, 4) is 11.3 Å². The fourth-order valence-electron chi connectivity index (χ4n) is 2.90. The molecule has 0 saturated heterocycles. The summed E-state index contributed by atoms with van der Waals surface area (Å²) in [7, 11) is 0. The molecule has 0 unspecified atom stereocenters. The van der Waals surface area contributed by atoms with Crippen LogP contribution in [0.1, 0.15) is 37.8 Å². The lowest BCUT2D eigenvalue weighted by Crippen LogP contribution is -2.31. The zero-order valence-electron chi connectivity index (χ0n) is 12.6. The van der Waals surface area contributed by atoms with Crippen LogP contribution in [0.15, 0.2) is 28.8 Å². The Kier molecular flexibility index (Phi) is 4.69. The van der Waals surface area contributed by atoms with E-state index in [1.165, 1.54) is 12.5 Å². The first-order valence-corrected chi connectivity index (χ1v) is 7.82. The molecule has 2 aromatic rings. The van der Waals surface area contributed by atoms with Crippen molar-refractivity contribution in [3.05, 3.63) is 41.6 Å². The third-order valence-electron chi connectivity index (χ3n) is 4.18. The van der Waals surface area contributed by atoms with Crippen LogP contribution in [-0.2, 0) is 11.3 Å². The predicted molar refractivity (Wildman–Crippen MR) is 80.3 cm³/mol. The Morgan fingerprint density at radius 1 is 1.22 bits per heavy atom. The monoisotopic (exact) mass is 320 g/mol. The minimum Gasteiger partial charge on any atom is -0.356 e. The summed E-state index contributed by atoms with van der Waals surface area (Å²) in [5.41, 5.74) is 0.650. The van der Waals surface area contributed by atoms with Gasteiger partial charge in [-0.3, -0.25) is 4.79 Å². The second-order valence-corrected chi connectivity index (χ2v) is 5.86. The van der Waals surface area contributed by atoms with Gasteiger partial charge >= 0.3 is 0 Å². The number of nitrogens with zero attached hydrogens (tertiary/aromatic N) is 1. The summed E-state index contributed by atoms with van der Waals surface area (Å²) in [6.07, 6.45) is 5.24. The number of nitrogens with one attached hydrogen (secondary N) is 1. The molecular weight excluding hydrogens is 302 g/mol. The van der Waals surface area contributed by atoms with Crippen molar-refractivity contribution in [3.63, 3.8) is 0 Å². The molecule has 1 aliphatic carbocycles. The van der Waals surface area contributed by atoms with Gasteiger partial charge in [-0.15, -0.1) is 0 Å². The van der Waals surface area contributed by atoms with Gasteiger partial charge < -0.3 is 9.84 Å². The average molecular weight is 320 g/mol. The first kappa shape index (κ1) is 15.6. The topological polar surface area (TPSA) is 55.1 Å². The van der Waals surface area contributed by atoms with Gasteiger partial charge in [0.1, 0.15) is 17.3 Å². The number of carbonyl (C=O) groups excluding carboxylic acids is 1. The highest BCUT2D eigenvalue weighted by Crippen LogP contribution is 2.25. The van der Waals surface area contributed by atoms with Crippen molar-refractivity contribution < 1.29 is 18.1 Å². The molecule has 1 aromatic carbocycles. The summed E-state index contributed by atoms with van der Waals surface area (Å²) >= 11 is 0. The van der Waals surface area contributed by atoms with Crippen LogP contribution in [0, 0.1) is 17.6 Å². The van der Waals surface area contributed by atoms with E-state index in [9.17, 15) is 13.6 Å². The fraction of sp³-hybridized carbons (Fsp3) is 0.412. The van der Waals surface area contributed by atoms with Crippen LogP contribution >= 0.6 is 0 Å². The molecule has 0 atom stereocenters. The molecule has 0 spiro atoms. The fourth-order valence-corrected chi connectivity index (χ4v) is 2.90. The van der Waals surface area contributed by atoms with E-state index < -0.39 is 11.6 Å². The van der Waals surface area contributed by atoms with E-state index in [1.54, 1.807) is 6.07 Å². The van der Waals surface area contributed by atoms with Crippen molar-refractivity contribution in [2.24, 2.45) is 5.92 Å². The van der Waals surface area contributed by atoms with Gasteiger partial charge in [0, 0.05) is 18.1 Å². The summed E-state index contributed by atoms with van der Waals surface area (Å²) in [6.45, 7) is 0.238. The first-order valence-electron chi connectivity index (χ1n) is 7.82. The van der Waals surface area contributed by atoms with Crippen molar-refractivity contribution in [1.82, 2.24) is 10.5 Å². The summed E-state index contributed by atoms with van der Waals surface area (Å²) < 4.78 is 31.7. The maximum absolute atomic E-state index is 13.7. The number of aromatic nitrogens is 1. The molecular formula is C17H18F2N2O2. The normalized spacial score (nSPS) is 15.6. The van der Waals surface area contributed by atoms with Gasteiger partial charge in [-0.2, -0.15) is 0 Å². The van der Waals surface area contributed by atoms with E-state index in [0.29, 0.717) is 5.69 Å². The van der Waals surface area contributed by atoms with Gasteiger partial charge in [0.25, 0.3) is 0 Å². The molecule has 1 N–H and O–H groups in total. The van der Waals surface area contributed by atoms with Crippen LogP contribution in [0.3, 0.4) is 0 Å². The Labute approximate surface area is 132 Å². The molecule has 1 aliphatic rings. The highest BCUT2D eigenvalue weighted by atomic mass is 19.1. The van der Waals surface area contributed by atoms with Crippen LogP contribution < -0.4 is 5.32 Å². The van der Waals surface area contributed by atoms with Gasteiger partial charge in [-0.05, 0) is 25.0 Å². The molecule has 23 heavy (non-hydrogen) atoms. The maximum atomic E-state index is 13.7. The summed E-state index contributed by atoms with van der Waals surface area (Å²) in [6, 6.07) is 4.81. The second-order valence-electron chi connectivity index (χ2n) is 5.86. The first-order chi connectivity index (χ1) is 11.1. The number of halogens is 2. The molecule has 6 heteroatoms. The molecule has 1 amide bonds. The van der Waals surface area contributed by atoms with E-state index in [2.05, 4.69) is 10.5 Å². The molecule has 4 nitrogen and oxygen atoms in total. The lowest BCUT2D eigenvalue weighted by Gasteiger charge is -2.20. The average Bonchev–Trinajstić information content (AvgIpc) is 3.02. The van der Waals surface area contributed by atoms with Gasteiger partial charge in [0.15, 0.2) is 5.76 Å². The standard InChI is InChI=1S/C17H18F2N2O2/c18-12-6-7-14(15(19)8-12)16-9-13(21-23-16)10-20-17(22)11-4-2-1-3-5-11/h6-9,11H,1-5,10H2,(H,20,22). The number of benzene rings is 1. The Hall–Kier alpha value is -2.24. The summed E-state index contributed by atoms with van der Waals surface area (Å²) in [5, 5.41) is 6.67. The molecule has 3 rings (SSSR count). The zero-order valence-corrected chi connectivity index (χ0v) is 12.6. The molecule has 1 fully saturated rings. The van der Waals surface area contributed by atoms with Gasteiger partial charge in [0.2, 0.25) is 5.91 Å². The number of hydrogen-bond acceptors (Lipinski definition) is 3. The van der Waals surface area contributed by atoms with E-state index >= 15 is 0 Å². The molecule has 122 valence electrons. The van der Waals surface area contributed by atoms with E-state index in [1.807, 2.05) is 0 Å². The Morgan fingerprint density at radius 3 is 2.74 bits per heavy atom. The molecule has 0 radical (unpaired) electrons. The molecule has 1 aromatic heterocycles. The molecule has 0 aliphatic heterocycles. The third kappa shape index (κ3) is 3.75. The Balaban J connectivity index is 1.62. The lowest BCUT2D eigenvalue weighted by atomic mass is 9.89. The van der Waals surface area contributed by atoms with Crippen molar-refractivity contribution in [2.75, 3.05) is 0 Å². The maximum Gasteiger partial charge on any atom is 0.223 e. The van der Waals surface area contributed by atoms with E-state index in [0.717, 1.165) is 37.8 Å². The quantitative estimate of drug-likeness (QED) is 0.932. The minimum absolute atomic E-state index is 0.0298. The minimum atomic E-state index is -0.709. The number of carbonyl (C=O) groups is 1. The van der Waals surface area contributed by atoms with Gasteiger partial charge in [-0.25, -0.2) is 8.78 Å². The van der Waals surface area contributed by atoms with Crippen LogP contribution in [0.4, 0.5) is 8.78 Å². The van der Waals surface area contributed by atoms with Crippen molar-refractivity contribution >= 4 is 5.91 Å². The summed E-state index contributed by atoms with van der Waals surface area (Å²) in [4.78, 5) is 12.1. The van der Waals surface area contributed by atoms with Crippen molar-refractivity contribution in [1.29, 1.82) is 0 Å². The third-order valence-corrected chi connectivity index (χ3v) is 4.18. The van der Waals surface area contributed by atoms with Crippen molar-refractivity contribution in [2.45, 2.75) is 38.6 Å². The van der Waals surface area contributed by atoms with E-state index in [4.69, 9.17) is 4.52 Å². The van der Waals surface area contributed by atoms with E-state index in [-0.39, 0.29) is 29.7 Å².